The molecule has 8 N–H and O–H groups in total. The highest BCUT2D eigenvalue weighted by Crippen LogP contribution is 2.32. The maximum Gasteiger partial charge on any atom is 0.339 e. The molecule has 0 aliphatic heterocycles. The Kier molecular flexibility index (Phi) is 6.32. The maximum atomic E-state index is 12.2. The van der Waals surface area contributed by atoms with Gasteiger partial charge in [-0.3, -0.25) is 9.11 Å². The largest absolute Gasteiger partial charge is 0.506 e. The molecule has 2 amide bonds. The molecular weight excluding hydrogens is 480 g/mol. The van der Waals surface area contributed by atoms with Gasteiger partial charge in [0, 0.05) is 11.4 Å². The van der Waals surface area contributed by atoms with Crippen LogP contribution in [0.5, 0.6) is 11.5 Å². The van der Waals surface area contributed by atoms with Gasteiger partial charge >= 0.3 is 18.0 Å². The zero-order valence-corrected chi connectivity index (χ0v) is 16.8. The third-order valence-corrected chi connectivity index (χ3v) is 5.42. The van der Waals surface area contributed by atoms with Gasteiger partial charge in [-0.2, -0.15) is 16.8 Å². The fraction of sp³-hybridized carbons (Fsp3) is 0. The van der Waals surface area contributed by atoms with Crippen molar-refractivity contribution in [3.63, 3.8) is 0 Å². The summed E-state index contributed by atoms with van der Waals surface area (Å²) < 4.78 is 63.6. The number of hydrogen-bond acceptors (Lipinski definition) is 9. The molecule has 172 valence electrons. The van der Waals surface area contributed by atoms with Crippen molar-refractivity contribution in [3.8, 4) is 11.5 Å². The summed E-state index contributed by atoms with van der Waals surface area (Å²) in [5.74, 6) is -6.26. The van der Waals surface area contributed by atoms with E-state index < -0.39 is 82.0 Å². The Bertz CT molecular complexity index is 1260. The number of carboxylic acids is 2. The van der Waals surface area contributed by atoms with Gasteiger partial charge in [-0.1, -0.05) is 0 Å². The van der Waals surface area contributed by atoms with Crippen molar-refractivity contribution in [1.82, 2.24) is 0 Å². The van der Waals surface area contributed by atoms with Crippen LogP contribution in [0.25, 0.3) is 0 Å². The van der Waals surface area contributed by atoms with Crippen LogP contribution in [0.3, 0.4) is 0 Å². The van der Waals surface area contributed by atoms with Crippen LogP contribution in [-0.4, -0.2) is 64.3 Å². The smallest absolute Gasteiger partial charge is 0.339 e. The predicted octanol–water partition coefficient (Wildman–Crippen LogP) is 0.632. The number of amides is 2. The molecule has 0 atom stereocenters. The molecule has 0 spiro atoms. The molecule has 0 aromatic heterocycles. The average Bonchev–Trinajstić information content (AvgIpc) is 2.61. The lowest BCUT2D eigenvalue weighted by atomic mass is 10.1. The molecule has 0 saturated carbocycles. The molecule has 0 bridgehead atoms. The molecule has 15 nitrogen and oxygen atoms in total. The van der Waals surface area contributed by atoms with Crippen LogP contribution in [0.2, 0.25) is 0 Å². The molecule has 0 aliphatic rings. The van der Waals surface area contributed by atoms with E-state index >= 15 is 0 Å². The molecule has 0 aliphatic carbocycles. The lowest BCUT2D eigenvalue weighted by molar-refractivity contribution is 0.0682. The van der Waals surface area contributed by atoms with E-state index in [9.17, 15) is 41.4 Å². The number of carboxylic acid groups (broad SMARTS) is 2. The number of nitrogens with one attached hydrogen (secondary N) is 2. The van der Waals surface area contributed by atoms with Gasteiger partial charge in [0.15, 0.2) is 11.5 Å². The molecule has 2 rings (SSSR count). The highest BCUT2D eigenvalue weighted by Gasteiger charge is 2.25. The highest BCUT2D eigenvalue weighted by atomic mass is 32.2. The third-order valence-electron chi connectivity index (χ3n) is 3.68. The summed E-state index contributed by atoms with van der Waals surface area (Å²) in [6.45, 7) is 0. The molecule has 0 fully saturated rings. The van der Waals surface area contributed by atoms with Crippen molar-refractivity contribution in [2.24, 2.45) is 0 Å². The van der Waals surface area contributed by atoms with Crippen molar-refractivity contribution in [2.75, 3.05) is 10.6 Å². The van der Waals surface area contributed by atoms with Gasteiger partial charge in [0.05, 0.1) is 0 Å². The van der Waals surface area contributed by atoms with Gasteiger partial charge in [-0.25, -0.2) is 14.4 Å². The summed E-state index contributed by atoms with van der Waals surface area (Å²) >= 11 is 0. The molecule has 17 heteroatoms. The van der Waals surface area contributed by atoms with E-state index in [4.69, 9.17) is 19.3 Å². The maximum absolute atomic E-state index is 12.2. The van der Waals surface area contributed by atoms with Gasteiger partial charge in [0.2, 0.25) is 0 Å². The average molecular weight is 492 g/mol. The Morgan fingerprint density at radius 3 is 1.22 bits per heavy atom. The Labute approximate surface area is 178 Å². The number of hydrogen-bond donors (Lipinski definition) is 8. The van der Waals surface area contributed by atoms with Crippen LogP contribution < -0.4 is 10.6 Å². The van der Waals surface area contributed by atoms with Crippen molar-refractivity contribution in [2.45, 2.75) is 9.79 Å². The molecular formula is C15H12N2O13S2. The fourth-order valence-electron chi connectivity index (χ4n) is 2.37. The number of carbonyl (C=O) groups is 3. The summed E-state index contributed by atoms with van der Waals surface area (Å²) in [7, 11) is -10.2. The number of benzene rings is 2. The van der Waals surface area contributed by atoms with E-state index in [1.807, 2.05) is 10.6 Å². The zero-order chi connectivity index (χ0) is 24.6. The van der Waals surface area contributed by atoms with Gasteiger partial charge in [-0.05, 0) is 24.3 Å². The standard InChI is InChI=1S/C15H12N2O13S2/c18-11-7(13(20)21)1-5(3-9(11)31(25,26)27)16-15(24)17-6-2-8(14(22)23)12(19)10(4-6)32(28,29)30/h1-4,18-19H,(H,20,21)(H,22,23)(H2,16,17,24)(H,25,26,27)(H,28,29,30). The van der Waals surface area contributed by atoms with Crippen LogP contribution in [0, 0.1) is 0 Å². The number of rotatable bonds is 6. The second kappa shape index (κ2) is 8.30. The van der Waals surface area contributed by atoms with Crippen LogP contribution in [0.15, 0.2) is 34.1 Å². The minimum atomic E-state index is -5.12. The van der Waals surface area contributed by atoms with E-state index in [-0.39, 0.29) is 0 Å². The van der Waals surface area contributed by atoms with Crippen molar-refractivity contribution < 1.29 is 60.8 Å². The van der Waals surface area contributed by atoms with Gasteiger partial charge in [0.1, 0.15) is 20.9 Å². The van der Waals surface area contributed by atoms with Crippen LogP contribution >= 0.6 is 0 Å². The first kappa shape index (κ1) is 24.3. The first-order valence-electron chi connectivity index (χ1n) is 7.76. The molecule has 0 unspecified atom stereocenters. The van der Waals surface area contributed by atoms with Crippen molar-refractivity contribution in [3.05, 3.63) is 35.4 Å². The second-order valence-corrected chi connectivity index (χ2v) is 8.66. The molecule has 0 heterocycles. The summed E-state index contributed by atoms with van der Waals surface area (Å²) in [5, 5.41) is 41.3. The predicted molar refractivity (Wildman–Crippen MR) is 102 cm³/mol. The Morgan fingerprint density at radius 1 is 0.656 bits per heavy atom. The zero-order valence-electron chi connectivity index (χ0n) is 15.2. The number of aromatic hydroxyl groups is 2. The lowest BCUT2D eigenvalue weighted by Gasteiger charge is -2.13. The van der Waals surface area contributed by atoms with Gasteiger partial charge in [-0.15, -0.1) is 0 Å². The summed E-state index contributed by atoms with van der Waals surface area (Å²) in [5.41, 5.74) is -3.17. The Hall–Kier alpha value is -3.93. The van der Waals surface area contributed by atoms with Crippen molar-refractivity contribution in [1.29, 1.82) is 0 Å². The normalized spacial score (nSPS) is 11.6. The quantitative estimate of drug-likeness (QED) is 0.203. The minimum Gasteiger partial charge on any atom is -0.506 e. The number of carbonyl (C=O) groups excluding carboxylic acids is 1. The van der Waals surface area contributed by atoms with Crippen LogP contribution in [-0.2, 0) is 20.2 Å². The summed E-state index contributed by atoms with van der Waals surface area (Å²) in [4.78, 5) is 32.0. The molecule has 0 radical (unpaired) electrons. The third kappa shape index (κ3) is 5.21. The van der Waals surface area contributed by atoms with E-state index in [1.165, 1.54) is 0 Å². The van der Waals surface area contributed by atoms with Crippen LogP contribution in [0.4, 0.5) is 16.2 Å². The molecule has 0 saturated heterocycles. The van der Waals surface area contributed by atoms with E-state index in [0.29, 0.717) is 24.3 Å². The summed E-state index contributed by atoms with van der Waals surface area (Å²) in [6.07, 6.45) is 0. The molecule has 2 aromatic carbocycles. The topological polar surface area (TPSA) is 265 Å². The number of anilines is 2. The SMILES string of the molecule is O=C(Nc1cc(C(=O)O)c(O)c(S(=O)(=O)O)c1)Nc1cc(C(=O)O)c(O)c(S(=O)(=O)O)c1. The Morgan fingerprint density at radius 2 is 0.969 bits per heavy atom. The van der Waals surface area contributed by atoms with E-state index in [1.54, 1.807) is 0 Å². The number of urea groups is 1. The second-order valence-electron chi connectivity index (χ2n) is 5.88. The lowest BCUT2D eigenvalue weighted by Crippen LogP contribution is -2.21. The first-order valence-corrected chi connectivity index (χ1v) is 10.6. The highest BCUT2D eigenvalue weighted by molar-refractivity contribution is 7.86. The van der Waals surface area contributed by atoms with Gasteiger partial charge < -0.3 is 31.1 Å². The molecule has 2 aromatic rings. The van der Waals surface area contributed by atoms with E-state index in [0.717, 1.165) is 0 Å². The van der Waals surface area contributed by atoms with E-state index in [2.05, 4.69) is 0 Å². The fourth-order valence-corrected chi connectivity index (χ4v) is 3.63. The Balaban J connectivity index is 2.48. The molecule has 32 heavy (non-hydrogen) atoms. The minimum absolute atomic E-state index is 0.500. The van der Waals surface area contributed by atoms with Crippen molar-refractivity contribution >= 4 is 49.6 Å². The first-order chi connectivity index (χ1) is 14.5. The van der Waals surface area contributed by atoms with Crippen LogP contribution in [0.1, 0.15) is 20.7 Å². The number of phenols is 2. The monoisotopic (exact) mass is 492 g/mol. The van der Waals surface area contributed by atoms with Gasteiger partial charge in [0.25, 0.3) is 20.2 Å². The summed E-state index contributed by atoms with van der Waals surface area (Å²) in [6, 6.07) is 0.931. The number of aromatic carboxylic acids is 2.